The van der Waals surface area contributed by atoms with Crippen molar-refractivity contribution in [3.05, 3.63) is 59.4 Å². The number of hydrogen-bond donors (Lipinski definition) is 0. The first-order chi connectivity index (χ1) is 9.65. The third-order valence-corrected chi connectivity index (χ3v) is 3.50. The van der Waals surface area contributed by atoms with E-state index in [9.17, 15) is 9.18 Å². The second-order valence-electron chi connectivity index (χ2n) is 4.35. The summed E-state index contributed by atoms with van der Waals surface area (Å²) < 4.78 is 23.3. The van der Waals surface area contributed by atoms with Crippen LogP contribution in [0.4, 0.5) is 4.39 Å². The summed E-state index contributed by atoms with van der Waals surface area (Å²) in [6, 6.07) is 10.5. The monoisotopic (exact) mass is 292 g/mol. The topological polar surface area (TPSA) is 35.5 Å². The molecule has 0 bridgehead atoms. The van der Waals surface area contributed by atoms with Gasteiger partial charge < -0.3 is 9.47 Å². The van der Waals surface area contributed by atoms with E-state index in [2.05, 4.69) is 0 Å². The van der Waals surface area contributed by atoms with Crippen molar-refractivity contribution in [1.82, 2.24) is 0 Å². The molecule has 0 N–H and O–H groups in total. The third-order valence-electron chi connectivity index (χ3n) is 3.05. The van der Waals surface area contributed by atoms with Gasteiger partial charge >= 0.3 is 0 Å². The second kappa shape index (κ2) is 5.13. The summed E-state index contributed by atoms with van der Waals surface area (Å²) in [6.45, 7) is 0.148. The minimum Gasteiger partial charge on any atom is -0.454 e. The molecule has 1 atom stereocenters. The average molecular weight is 293 g/mol. The molecule has 0 spiro atoms. The van der Waals surface area contributed by atoms with Gasteiger partial charge in [0.2, 0.25) is 6.79 Å². The van der Waals surface area contributed by atoms with Crippen molar-refractivity contribution in [2.75, 3.05) is 6.79 Å². The number of benzene rings is 2. The van der Waals surface area contributed by atoms with Gasteiger partial charge in [-0.05, 0) is 35.9 Å². The van der Waals surface area contributed by atoms with E-state index < -0.39 is 5.38 Å². The molecule has 5 heteroatoms. The Morgan fingerprint density at radius 1 is 1.10 bits per heavy atom. The predicted octanol–water partition coefficient (Wildman–Crippen LogP) is 3.72. The van der Waals surface area contributed by atoms with Crippen LogP contribution in [0.25, 0.3) is 0 Å². The first-order valence-corrected chi connectivity index (χ1v) is 6.42. The SMILES string of the molecule is O=C(c1ccc2c(c1)OCO2)C(Cl)c1ccc(F)cc1. The molecule has 1 aliphatic rings. The molecule has 0 radical (unpaired) electrons. The fourth-order valence-corrected chi connectivity index (χ4v) is 2.25. The number of halogens is 2. The normalized spacial score (nSPS) is 14.1. The molecule has 1 heterocycles. The van der Waals surface area contributed by atoms with E-state index in [0.29, 0.717) is 22.6 Å². The van der Waals surface area contributed by atoms with E-state index in [-0.39, 0.29) is 18.4 Å². The van der Waals surface area contributed by atoms with Gasteiger partial charge in [0.1, 0.15) is 11.2 Å². The Morgan fingerprint density at radius 3 is 2.55 bits per heavy atom. The lowest BCUT2D eigenvalue weighted by Gasteiger charge is -2.09. The summed E-state index contributed by atoms with van der Waals surface area (Å²) >= 11 is 6.15. The van der Waals surface area contributed by atoms with Crippen molar-refractivity contribution in [2.24, 2.45) is 0 Å². The quantitative estimate of drug-likeness (QED) is 0.639. The van der Waals surface area contributed by atoms with Crippen LogP contribution in [0, 0.1) is 5.82 Å². The first-order valence-electron chi connectivity index (χ1n) is 5.98. The fourth-order valence-electron chi connectivity index (χ4n) is 1.98. The minimum atomic E-state index is -0.865. The highest BCUT2D eigenvalue weighted by Gasteiger charge is 2.22. The van der Waals surface area contributed by atoms with Gasteiger partial charge in [0, 0.05) is 5.56 Å². The zero-order valence-electron chi connectivity index (χ0n) is 10.3. The smallest absolute Gasteiger partial charge is 0.231 e. The number of rotatable bonds is 3. The summed E-state index contributed by atoms with van der Waals surface area (Å²) in [5.41, 5.74) is 0.981. The number of alkyl halides is 1. The van der Waals surface area contributed by atoms with Gasteiger partial charge in [0.25, 0.3) is 0 Å². The van der Waals surface area contributed by atoms with Crippen LogP contribution in [-0.2, 0) is 0 Å². The van der Waals surface area contributed by atoms with Crippen molar-refractivity contribution in [1.29, 1.82) is 0 Å². The Hall–Kier alpha value is -2.07. The van der Waals surface area contributed by atoms with Crippen LogP contribution >= 0.6 is 11.6 Å². The number of ether oxygens (including phenoxy) is 2. The lowest BCUT2D eigenvalue weighted by Crippen LogP contribution is -2.07. The number of carbonyl (C=O) groups is 1. The molecule has 20 heavy (non-hydrogen) atoms. The molecule has 3 rings (SSSR count). The van der Waals surface area contributed by atoms with Gasteiger partial charge in [-0.1, -0.05) is 12.1 Å². The van der Waals surface area contributed by atoms with E-state index in [1.807, 2.05) is 0 Å². The zero-order valence-corrected chi connectivity index (χ0v) is 11.1. The third kappa shape index (κ3) is 2.34. The first kappa shape index (κ1) is 12.9. The Labute approximate surface area is 119 Å². The number of ketones is 1. The van der Waals surface area contributed by atoms with Crippen LogP contribution in [-0.4, -0.2) is 12.6 Å². The van der Waals surface area contributed by atoms with Crippen LogP contribution in [0.3, 0.4) is 0 Å². The summed E-state index contributed by atoms with van der Waals surface area (Å²) in [4.78, 5) is 12.3. The van der Waals surface area contributed by atoms with E-state index in [1.54, 1.807) is 18.2 Å². The van der Waals surface area contributed by atoms with Crippen molar-refractivity contribution in [2.45, 2.75) is 5.38 Å². The van der Waals surface area contributed by atoms with Crippen molar-refractivity contribution in [3.8, 4) is 11.5 Å². The summed E-state index contributed by atoms with van der Waals surface area (Å²) in [5, 5.41) is -0.865. The molecular formula is C15H10ClFO3. The summed E-state index contributed by atoms with van der Waals surface area (Å²) in [6.07, 6.45) is 0. The predicted molar refractivity (Wildman–Crippen MR) is 71.9 cm³/mol. The maximum atomic E-state index is 12.9. The number of fused-ring (bicyclic) bond motifs is 1. The Kier molecular flexibility index (Phi) is 3.32. The number of carbonyl (C=O) groups excluding carboxylic acids is 1. The fraction of sp³-hybridized carbons (Fsp3) is 0.133. The van der Waals surface area contributed by atoms with Crippen molar-refractivity contribution < 1.29 is 18.7 Å². The van der Waals surface area contributed by atoms with E-state index in [4.69, 9.17) is 21.1 Å². The van der Waals surface area contributed by atoms with Crippen LogP contribution in [0.1, 0.15) is 21.3 Å². The Bertz CT molecular complexity index is 655. The molecule has 2 aromatic rings. The highest BCUT2D eigenvalue weighted by molar-refractivity contribution is 6.33. The minimum absolute atomic E-state index is 0.148. The van der Waals surface area contributed by atoms with Crippen molar-refractivity contribution in [3.63, 3.8) is 0 Å². The van der Waals surface area contributed by atoms with Gasteiger partial charge in [-0.15, -0.1) is 11.6 Å². The second-order valence-corrected chi connectivity index (χ2v) is 4.78. The number of Topliss-reactive ketones (excluding diaryl/α,β-unsaturated/α-hetero) is 1. The lowest BCUT2D eigenvalue weighted by atomic mass is 10.0. The molecule has 0 fully saturated rings. The number of hydrogen-bond acceptors (Lipinski definition) is 3. The average Bonchev–Trinajstić information content (AvgIpc) is 2.94. The molecule has 102 valence electrons. The highest BCUT2D eigenvalue weighted by atomic mass is 35.5. The molecule has 0 amide bonds. The largest absolute Gasteiger partial charge is 0.454 e. The Morgan fingerprint density at radius 2 is 1.80 bits per heavy atom. The van der Waals surface area contributed by atoms with Crippen molar-refractivity contribution >= 4 is 17.4 Å². The van der Waals surface area contributed by atoms with Crippen LogP contribution < -0.4 is 9.47 Å². The van der Waals surface area contributed by atoms with Gasteiger partial charge in [0.05, 0.1) is 0 Å². The maximum absolute atomic E-state index is 12.9. The molecule has 2 aromatic carbocycles. The lowest BCUT2D eigenvalue weighted by molar-refractivity contribution is 0.0986. The molecule has 3 nitrogen and oxygen atoms in total. The molecule has 0 saturated heterocycles. The van der Waals surface area contributed by atoms with E-state index >= 15 is 0 Å². The maximum Gasteiger partial charge on any atom is 0.231 e. The summed E-state index contributed by atoms with van der Waals surface area (Å²) in [7, 11) is 0. The summed E-state index contributed by atoms with van der Waals surface area (Å²) in [5.74, 6) is 0.498. The van der Waals surface area contributed by atoms with Crippen LogP contribution in [0.2, 0.25) is 0 Å². The zero-order chi connectivity index (χ0) is 14.1. The standard InChI is InChI=1S/C15H10ClFO3/c16-14(9-1-4-11(17)5-2-9)15(18)10-3-6-12-13(7-10)20-8-19-12/h1-7,14H,8H2. The van der Waals surface area contributed by atoms with E-state index in [1.165, 1.54) is 24.3 Å². The molecule has 0 saturated carbocycles. The van der Waals surface area contributed by atoms with Gasteiger partial charge in [-0.25, -0.2) is 4.39 Å². The van der Waals surface area contributed by atoms with Gasteiger partial charge in [0.15, 0.2) is 17.3 Å². The molecular weight excluding hydrogens is 283 g/mol. The Balaban J connectivity index is 1.86. The molecule has 0 aliphatic carbocycles. The highest BCUT2D eigenvalue weighted by Crippen LogP contribution is 2.34. The molecule has 0 aromatic heterocycles. The van der Waals surface area contributed by atoms with Gasteiger partial charge in [-0.2, -0.15) is 0 Å². The molecule has 1 aliphatic heterocycles. The molecule has 1 unspecified atom stereocenters. The van der Waals surface area contributed by atoms with Crippen LogP contribution in [0.15, 0.2) is 42.5 Å². The van der Waals surface area contributed by atoms with E-state index in [0.717, 1.165) is 0 Å². The van der Waals surface area contributed by atoms with Gasteiger partial charge in [-0.3, -0.25) is 4.79 Å². The van der Waals surface area contributed by atoms with Crippen LogP contribution in [0.5, 0.6) is 11.5 Å².